The Labute approximate surface area is 127 Å². The SMILES string of the molecule is Cc1cnccc1CNCc1ccc2c(c1)CCCN2C. The zero-order valence-corrected chi connectivity index (χ0v) is 12.9. The molecule has 0 unspecified atom stereocenters. The van der Waals surface area contributed by atoms with Gasteiger partial charge in [-0.2, -0.15) is 0 Å². The summed E-state index contributed by atoms with van der Waals surface area (Å²) in [5.74, 6) is 0. The summed E-state index contributed by atoms with van der Waals surface area (Å²) in [6.45, 7) is 5.09. The van der Waals surface area contributed by atoms with E-state index in [0.29, 0.717) is 0 Å². The second-order valence-electron chi connectivity index (χ2n) is 5.89. The van der Waals surface area contributed by atoms with Crippen molar-refractivity contribution in [2.24, 2.45) is 0 Å². The third kappa shape index (κ3) is 3.24. The molecule has 1 aliphatic heterocycles. The minimum Gasteiger partial charge on any atom is -0.374 e. The molecular weight excluding hydrogens is 258 g/mol. The first-order valence-corrected chi connectivity index (χ1v) is 7.67. The van der Waals surface area contributed by atoms with Crippen molar-refractivity contribution in [2.75, 3.05) is 18.5 Å². The molecule has 1 aromatic heterocycles. The van der Waals surface area contributed by atoms with Gasteiger partial charge in [0.2, 0.25) is 0 Å². The van der Waals surface area contributed by atoms with Crippen LogP contribution in [0.25, 0.3) is 0 Å². The number of nitrogens with zero attached hydrogens (tertiary/aromatic N) is 2. The Morgan fingerprint density at radius 1 is 1.24 bits per heavy atom. The van der Waals surface area contributed by atoms with E-state index >= 15 is 0 Å². The van der Waals surface area contributed by atoms with E-state index in [2.05, 4.69) is 53.4 Å². The second kappa shape index (κ2) is 6.27. The molecule has 3 heteroatoms. The van der Waals surface area contributed by atoms with Crippen LogP contribution < -0.4 is 10.2 Å². The summed E-state index contributed by atoms with van der Waals surface area (Å²) in [7, 11) is 2.18. The highest BCUT2D eigenvalue weighted by molar-refractivity contribution is 5.56. The Bertz CT molecular complexity index is 622. The highest BCUT2D eigenvalue weighted by Crippen LogP contribution is 2.26. The van der Waals surface area contributed by atoms with E-state index < -0.39 is 0 Å². The lowest BCUT2D eigenvalue weighted by atomic mass is 9.99. The van der Waals surface area contributed by atoms with Gasteiger partial charge in [-0.25, -0.2) is 0 Å². The lowest BCUT2D eigenvalue weighted by Gasteiger charge is -2.27. The second-order valence-corrected chi connectivity index (χ2v) is 5.89. The number of rotatable bonds is 4. The predicted octanol–water partition coefficient (Wildman–Crippen LogP) is 3.06. The first-order chi connectivity index (χ1) is 10.2. The van der Waals surface area contributed by atoms with Crippen molar-refractivity contribution < 1.29 is 0 Å². The van der Waals surface area contributed by atoms with Gasteiger partial charge in [0, 0.05) is 44.8 Å². The van der Waals surface area contributed by atoms with Gasteiger partial charge in [-0.05, 0) is 54.2 Å². The molecule has 0 spiro atoms. The topological polar surface area (TPSA) is 28.2 Å². The van der Waals surface area contributed by atoms with E-state index in [1.54, 1.807) is 0 Å². The van der Waals surface area contributed by atoms with Crippen LogP contribution in [0.4, 0.5) is 5.69 Å². The van der Waals surface area contributed by atoms with Gasteiger partial charge in [-0.1, -0.05) is 12.1 Å². The van der Waals surface area contributed by atoms with Crippen molar-refractivity contribution in [3.63, 3.8) is 0 Å². The number of hydrogen-bond donors (Lipinski definition) is 1. The van der Waals surface area contributed by atoms with E-state index in [9.17, 15) is 0 Å². The zero-order chi connectivity index (χ0) is 14.7. The Hall–Kier alpha value is -1.87. The predicted molar refractivity (Wildman–Crippen MR) is 87.6 cm³/mol. The molecule has 2 heterocycles. The van der Waals surface area contributed by atoms with Crippen molar-refractivity contribution in [1.29, 1.82) is 0 Å². The summed E-state index contributed by atoms with van der Waals surface area (Å²) in [5.41, 5.74) is 6.83. The molecule has 0 bridgehead atoms. The Morgan fingerprint density at radius 3 is 3.00 bits per heavy atom. The highest BCUT2D eigenvalue weighted by atomic mass is 15.1. The number of anilines is 1. The maximum Gasteiger partial charge on any atom is 0.0396 e. The van der Waals surface area contributed by atoms with Crippen LogP contribution in [0, 0.1) is 6.92 Å². The standard InChI is InChI=1S/C18H23N3/c1-14-11-19-8-7-17(14)13-20-12-15-5-6-18-16(10-15)4-3-9-21(18)2/h5-8,10-11,20H,3-4,9,12-13H2,1-2H3. The van der Waals surface area contributed by atoms with Gasteiger partial charge < -0.3 is 10.2 Å². The number of aryl methyl sites for hydroxylation is 2. The van der Waals surface area contributed by atoms with Gasteiger partial charge in [-0.3, -0.25) is 4.98 Å². The van der Waals surface area contributed by atoms with Crippen LogP contribution in [0.3, 0.4) is 0 Å². The summed E-state index contributed by atoms with van der Waals surface area (Å²) < 4.78 is 0. The Morgan fingerprint density at radius 2 is 2.14 bits per heavy atom. The van der Waals surface area contributed by atoms with Crippen molar-refractivity contribution in [3.8, 4) is 0 Å². The van der Waals surface area contributed by atoms with Crippen LogP contribution in [0.2, 0.25) is 0 Å². The number of nitrogens with one attached hydrogen (secondary N) is 1. The van der Waals surface area contributed by atoms with E-state index in [1.807, 2.05) is 12.4 Å². The number of hydrogen-bond acceptors (Lipinski definition) is 3. The van der Waals surface area contributed by atoms with Gasteiger partial charge >= 0.3 is 0 Å². The molecule has 0 amide bonds. The summed E-state index contributed by atoms with van der Waals surface area (Å²) in [6.07, 6.45) is 6.25. The summed E-state index contributed by atoms with van der Waals surface area (Å²) >= 11 is 0. The molecule has 1 aliphatic rings. The fourth-order valence-electron chi connectivity index (χ4n) is 2.99. The van der Waals surface area contributed by atoms with E-state index in [1.165, 1.54) is 47.3 Å². The van der Waals surface area contributed by atoms with Gasteiger partial charge in [0.25, 0.3) is 0 Å². The fourth-order valence-corrected chi connectivity index (χ4v) is 2.99. The molecule has 3 nitrogen and oxygen atoms in total. The lowest BCUT2D eigenvalue weighted by molar-refractivity contribution is 0.686. The molecule has 0 atom stereocenters. The largest absolute Gasteiger partial charge is 0.374 e. The molecule has 0 radical (unpaired) electrons. The molecule has 2 aromatic rings. The van der Waals surface area contributed by atoms with Crippen LogP contribution in [0.1, 0.15) is 28.7 Å². The molecule has 0 fully saturated rings. The first-order valence-electron chi connectivity index (χ1n) is 7.67. The molecule has 1 N–H and O–H groups in total. The van der Waals surface area contributed by atoms with Crippen molar-refractivity contribution in [1.82, 2.24) is 10.3 Å². The van der Waals surface area contributed by atoms with Gasteiger partial charge in [0.1, 0.15) is 0 Å². The molecule has 3 rings (SSSR count). The third-order valence-corrected chi connectivity index (χ3v) is 4.28. The van der Waals surface area contributed by atoms with Gasteiger partial charge in [0.05, 0.1) is 0 Å². The Balaban J connectivity index is 1.62. The molecule has 1 aromatic carbocycles. The van der Waals surface area contributed by atoms with Crippen LogP contribution in [-0.2, 0) is 19.5 Å². The van der Waals surface area contributed by atoms with Crippen molar-refractivity contribution in [3.05, 3.63) is 58.9 Å². The maximum atomic E-state index is 4.13. The number of aromatic nitrogens is 1. The quantitative estimate of drug-likeness (QED) is 0.933. The highest BCUT2D eigenvalue weighted by Gasteiger charge is 2.13. The third-order valence-electron chi connectivity index (χ3n) is 4.28. The summed E-state index contributed by atoms with van der Waals surface area (Å²) in [5, 5.41) is 3.54. The first kappa shape index (κ1) is 14.1. The number of benzene rings is 1. The Kier molecular flexibility index (Phi) is 4.20. The average molecular weight is 281 g/mol. The van der Waals surface area contributed by atoms with E-state index in [4.69, 9.17) is 0 Å². The lowest BCUT2D eigenvalue weighted by Crippen LogP contribution is -2.24. The molecule has 21 heavy (non-hydrogen) atoms. The molecular formula is C18H23N3. The fraction of sp³-hybridized carbons (Fsp3) is 0.389. The van der Waals surface area contributed by atoms with Gasteiger partial charge in [0.15, 0.2) is 0 Å². The van der Waals surface area contributed by atoms with Crippen LogP contribution in [0.5, 0.6) is 0 Å². The van der Waals surface area contributed by atoms with Crippen LogP contribution >= 0.6 is 0 Å². The smallest absolute Gasteiger partial charge is 0.0396 e. The number of fused-ring (bicyclic) bond motifs is 1. The molecule has 0 saturated heterocycles. The van der Waals surface area contributed by atoms with Crippen molar-refractivity contribution in [2.45, 2.75) is 32.9 Å². The molecule has 110 valence electrons. The monoisotopic (exact) mass is 281 g/mol. The van der Waals surface area contributed by atoms with Crippen LogP contribution in [-0.4, -0.2) is 18.6 Å². The minimum absolute atomic E-state index is 0.894. The summed E-state index contributed by atoms with van der Waals surface area (Å²) in [6, 6.07) is 8.96. The van der Waals surface area contributed by atoms with E-state index in [0.717, 1.165) is 13.1 Å². The zero-order valence-electron chi connectivity index (χ0n) is 12.9. The maximum absolute atomic E-state index is 4.13. The minimum atomic E-state index is 0.894. The van der Waals surface area contributed by atoms with Gasteiger partial charge in [-0.15, -0.1) is 0 Å². The normalized spacial score (nSPS) is 14.1. The summed E-state index contributed by atoms with van der Waals surface area (Å²) in [4.78, 5) is 6.49. The molecule has 0 saturated carbocycles. The van der Waals surface area contributed by atoms with Crippen molar-refractivity contribution >= 4 is 5.69 Å². The van der Waals surface area contributed by atoms with Crippen LogP contribution in [0.15, 0.2) is 36.7 Å². The average Bonchev–Trinajstić information content (AvgIpc) is 2.49. The van der Waals surface area contributed by atoms with E-state index in [-0.39, 0.29) is 0 Å². The molecule has 0 aliphatic carbocycles. The number of pyridine rings is 1.